The van der Waals surface area contributed by atoms with Crippen molar-refractivity contribution in [2.75, 3.05) is 6.61 Å². The number of aromatic amines is 1. The van der Waals surface area contributed by atoms with Crippen LogP contribution in [0.3, 0.4) is 0 Å². The molecular formula is C26H24F2N4O3. The number of halogens is 2. The maximum absolute atomic E-state index is 14.9. The van der Waals surface area contributed by atoms with E-state index in [2.05, 4.69) is 20.5 Å². The largest absolute Gasteiger partial charge is 0.394 e. The topological polar surface area (TPSA) is 111 Å². The molecule has 0 spiro atoms. The average molecular weight is 478 g/mol. The third kappa shape index (κ3) is 5.95. The Morgan fingerprint density at radius 1 is 1.06 bits per heavy atom. The lowest BCUT2D eigenvalue weighted by atomic mass is 9.99. The van der Waals surface area contributed by atoms with Gasteiger partial charge in [-0.1, -0.05) is 12.1 Å². The van der Waals surface area contributed by atoms with E-state index >= 15 is 0 Å². The Hall–Kier alpha value is -3.95. The average Bonchev–Trinajstić information content (AvgIpc) is 3.34. The zero-order valence-corrected chi connectivity index (χ0v) is 18.7. The van der Waals surface area contributed by atoms with Gasteiger partial charge in [-0.3, -0.25) is 14.9 Å². The Labute approximate surface area is 200 Å². The number of rotatable bonds is 9. The van der Waals surface area contributed by atoms with Gasteiger partial charge in [0, 0.05) is 35.5 Å². The van der Waals surface area contributed by atoms with Crippen molar-refractivity contribution >= 4 is 5.91 Å². The van der Waals surface area contributed by atoms with Crippen LogP contribution < -0.4 is 5.32 Å². The molecule has 7 nitrogen and oxygen atoms in total. The molecule has 2 aromatic heterocycles. The minimum absolute atomic E-state index is 0.0326. The molecule has 0 aliphatic rings. The number of aliphatic hydroxyl groups excluding tert-OH is 2. The quantitative estimate of drug-likeness (QED) is 0.294. The Kier molecular flexibility index (Phi) is 7.59. The van der Waals surface area contributed by atoms with E-state index in [4.69, 9.17) is 0 Å². The van der Waals surface area contributed by atoms with Crippen LogP contribution in [0.25, 0.3) is 22.5 Å². The van der Waals surface area contributed by atoms with E-state index in [1.165, 1.54) is 30.3 Å². The van der Waals surface area contributed by atoms with Crippen LogP contribution in [0.1, 0.15) is 22.5 Å². The maximum Gasteiger partial charge on any atom is 0.252 e. The molecule has 0 bridgehead atoms. The second-order valence-corrected chi connectivity index (χ2v) is 8.10. The molecule has 0 fully saturated rings. The van der Waals surface area contributed by atoms with Crippen molar-refractivity contribution in [1.29, 1.82) is 0 Å². The van der Waals surface area contributed by atoms with Gasteiger partial charge >= 0.3 is 0 Å². The highest BCUT2D eigenvalue weighted by Gasteiger charge is 2.23. The molecule has 9 heteroatoms. The molecule has 2 heterocycles. The summed E-state index contributed by atoms with van der Waals surface area (Å²) in [6, 6.07) is 16.3. The number of carbonyl (C=O) groups is 1. The highest BCUT2D eigenvalue weighted by atomic mass is 19.1. The van der Waals surface area contributed by atoms with Crippen molar-refractivity contribution in [1.82, 2.24) is 20.5 Å². The van der Waals surface area contributed by atoms with Crippen LogP contribution in [-0.2, 0) is 6.42 Å². The van der Waals surface area contributed by atoms with Crippen LogP contribution in [0.15, 0.2) is 72.9 Å². The summed E-state index contributed by atoms with van der Waals surface area (Å²) in [5.74, 6) is -1.56. The third-order valence-corrected chi connectivity index (χ3v) is 5.53. The van der Waals surface area contributed by atoms with Crippen LogP contribution >= 0.6 is 0 Å². The predicted molar refractivity (Wildman–Crippen MR) is 126 cm³/mol. The first-order chi connectivity index (χ1) is 16.9. The van der Waals surface area contributed by atoms with Gasteiger partial charge in [-0.25, -0.2) is 8.78 Å². The van der Waals surface area contributed by atoms with Gasteiger partial charge in [0.1, 0.15) is 11.6 Å². The fourth-order valence-electron chi connectivity index (χ4n) is 3.84. The number of carbonyl (C=O) groups excluding carboxylic acids is 1. The highest BCUT2D eigenvalue weighted by molar-refractivity contribution is 6.01. The summed E-state index contributed by atoms with van der Waals surface area (Å²) in [6.45, 7) is -0.458. The van der Waals surface area contributed by atoms with E-state index in [9.17, 15) is 23.8 Å². The molecule has 0 aliphatic heterocycles. The smallest absolute Gasteiger partial charge is 0.252 e. The number of hydrogen-bond donors (Lipinski definition) is 4. The summed E-state index contributed by atoms with van der Waals surface area (Å²) < 4.78 is 28.2. The summed E-state index contributed by atoms with van der Waals surface area (Å²) in [4.78, 5) is 17.5. The van der Waals surface area contributed by atoms with Crippen LogP contribution in [0.5, 0.6) is 0 Å². The zero-order chi connectivity index (χ0) is 24.8. The second kappa shape index (κ2) is 11.0. The van der Waals surface area contributed by atoms with Gasteiger partial charge in [-0.15, -0.1) is 0 Å². The van der Waals surface area contributed by atoms with Crippen LogP contribution in [-0.4, -0.2) is 50.1 Å². The number of amides is 1. The fourth-order valence-corrected chi connectivity index (χ4v) is 3.84. The lowest BCUT2D eigenvalue weighted by Crippen LogP contribution is -2.40. The van der Waals surface area contributed by atoms with E-state index in [-0.39, 0.29) is 29.1 Å². The number of H-pyrrole nitrogens is 1. The van der Waals surface area contributed by atoms with Crippen LogP contribution in [0, 0.1) is 11.6 Å². The molecule has 35 heavy (non-hydrogen) atoms. The first-order valence-corrected chi connectivity index (χ1v) is 11.0. The summed E-state index contributed by atoms with van der Waals surface area (Å²) in [6.07, 6.45) is 0.981. The normalized spacial score (nSPS) is 12.8. The van der Waals surface area contributed by atoms with E-state index in [0.29, 0.717) is 23.4 Å². The van der Waals surface area contributed by atoms with E-state index in [0.717, 1.165) is 0 Å². The number of aromatic nitrogens is 3. The molecule has 0 saturated heterocycles. The molecule has 180 valence electrons. The third-order valence-electron chi connectivity index (χ3n) is 5.53. The summed E-state index contributed by atoms with van der Waals surface area (Å²) in [7, 11) is 0. The van der Waals surface area contributed by atoms with E-state index in [1.807, 2.05) is 6.07 Å². The molecule has 0 radical (unpaired) electrons. The number of hydrogen-bond acceptors (Lipinski definition) is 5. The van der Waals surface area contributed by atoms with Gasteiger partial charge in [0.25, 0.3) is 5.91 Å². The lowest BCUT2D eigenvalue weighted by Gasteiger charge is -2.21. The van der Waals surface area contributed by atoms with Crippen molar-refractivity contribution in [3.05, 3.63) is 95.8 Å². The predicted octanol–water partition coefficient (Wildman–Crippen LogP) is 3.50. The summed E-state index contributed by atoms with van der Waals surface area (Å²) >= 11 is 0. The molecule has 0 aliphatic carbocycles. The Balaban J connectivity index is 1.61. The van der Waals surface area contributed by atoms with Crippen LogP contribution in [0.2, 0.25) is 0 Å². The number of nitrogens with one attached hydrogen (secondary N) is 2. The lowest BCUT2D eigenvalue weighted by molar-refractivity contribution is 0.0740. The molecule has 2 atom stereocenters. The zero-order valence-electron chi connectivity index (χ0n) is 18.7. The van der Waals surface area contributed by atoms with Crippen molar-refractivity contribution in [2.45, 2.75) is 25.0 Å². The van der Waals surface area contributed by atoms with Gasteiger partial charge in [-0.05, 0) is 61.0 Å². The van der Waals surface area contributed by atoms with Crippen molar-refractivity contribution in [2.24, 2.45) is 0 Å². The molecule has 1 amide bonds. The first-order valence-electron chi connectivity index (χ1n) is 11.0. The summed E-state index contributed by atoms with van der Waals surface area (Å²) in [5, 5.41) is 29.0. The number of benzene rings is 2. The summed E-state index contributed by atoms with van der Waals surface area (Å²) in [5.41, 5.74) is 2.18. The first kappa shape index (κ1) is 24.2. The highest BCUT2D eigenvalue weighted by Crippen LogP contribution is 2.29. The van der Waals surface area contributed by atoms with Gasteiger partial charge < -0.3 is 15.5 Å². The minimum Gasteiger partial charge on any atom is -0.394 e. The molecule has 0 unspecified atom stereocenters. The van der Waals surface area contributed by atoms with E-state index in [1.54, 1.807) is 36.5 Å². The number of aliphatic hydroxyl groups is 2. The van der Waals surface area contributed by atoms with Crippen molar-refractivity contribution in [3.63, 3.8) is 0 Å². The number of pyridine rings is 1. The molecule has 4 aromatic rings. The molecule has 4 rings (SSSR count). The van der Waals surface area contributed by atoms with Gasteiger partial charge in [0.05, 0.1) is 29.7 Å². The van der Waals surface area contributed by atoms with Gasteiger partial charge in [0.15, 0.2) is 0 Å². The Bertz CT molecular complexity index is 1280. The molecule has 2 aromatic carbocycles. The molecular weight excluding hydrogens is 454 g/mol. The van der Waals surface area contributed by atoms with Crippen molar-refractivity contribution < 1.29 is 23.8 Å². The standard InChI is InChI=1S/C26H24F2N4O3/c27-17-9-7-16(8-10-17)23-14-24(32-31-23)25-21(5-3-6-22(25)28)26(35)30-19(13-20(34)15-33)12-18-4-1-2-11-29-18/h1-11,14,19-20,33-34H,12-13,15H2,(H,30,35)(H,31,32)/t19-,20+/m1/s1. The minimum atomic E-state index is -1.04. The Morgan fingerprint density at radius 2 is 1.86 bits per heavy atom. The number of nitrogens with zero attached hydrogens (tertiary/aromatic N) is 2. The van der Waals surface area contributed by atoms with E-state index < -0.39 is 30.5 Å². The van der Waals surface area contributed by atoms with Gasteiger partial charge in [0.2, 0.25) is 0 Å². The van der Waals surface area contributed by atoms with Gasteiger partial charge in [-0.2, -0.15) is 5.10 Å². The monoisotopic (exact) mass is 478 g/mol. The molecule has 4 N–H and O–H groups in total. The Morgan fingerprint density at radius 3 is 2.57 bits per heavy atom. The SMILES string of the molecule is O=C(N[C@H](Cc1ccccn1)C[C@H](O)CO)c1cccc(F)c1-c1cc(-c2ccc(F)cc2)n[nH]1. The second-order valence-electron chi connectivity index (χ2n) is 8.10. The maximum atomic E-state index is 14.9. The van der Waals surface area contributed by atoms with Crippen LogP contribution in [0.4, 0.5) is 8.78 Å². The van der Waals surface area contributed by atoms with Crippen molar-refractivity contribution in [3.8, 4) is 22.5 Å². The fraction of sp³-hybridized carbons (Fsp3) is 0.192. The molecule has 0 saturated carbocycles.